The van der Waals surface area contributed by atoms with Gasteiger partial charge in [0.05, 0.1) is 22.8 Å². The second-order valence-corrected chi connectivity index (χ2v) is 8.51. The maximum Gasteiger partial charge on any atom is 0.504 e. The molecule has 1 aromatic carbocycles. The summed E-state index contributed by atoms with van der Waals surface area (Å²) in [6.07, 6.45) is 1.51. The van der Waals surface area contributed by atoms with Crippen LogP contribution < -0.4 is 15.1 Å². The summed E-state index contributed by atoms with van der Waals surface area (Å²) in [7, 11) is 1.40. The zero-order chi connectivity index (χ0) is 20.5. The van der Waals surface area contributed by atoms with E-state index in [0.717, 1.165) is 11.3 Å². The number of hydrogen-bond acceptors (Lipinski definition) is 6. The lowest BCUT2D eigenvalue weighted by Gasteiger charge is -2.32. The van der Waals surface area contributed by atoms with E-state index in [0.29, 0.717) is 12.4 Å². The molecule has 1 saturated heterocycles. The number of rotatable bonds is 6. The van der Waals surface area contributed by atoms with E-state index < -0.39 is 18.3 Å². The topological polar surface area (TPSA) is 56.7 Å². The molecular weight excluding hydrogens is 353 g/mol. The van der Waals surface area contributed by atoms with E-state index >= 15 is 0 Å². The van der Waals surface area contributed by atoms with Gasteiger partial charge in [-0.2, -0.15) is 0 Å². The average Bonchev–Trinajstić information content (AvgIpc) is 2.82. The van der Waals surface area contributed by atoms with E-state index in [1.807, 2.05) is 66.8 Å². The molecule has 1 aliphatic rings. The van der Waals surface area contributed by atoms with Crippen molar-refractivity contribution in [2.24, 2.45) is 0 Å². The summed E-state index contributed by atoms with van der Waals surface area (Å²) in [5.74, 6) is 1.24. The van der Waals surface area contributed by atoms with Crippen molar-refractivity contribution in [2.45, 2.75) is 65.4 Å². The lowest BCUT2D eigenvalue weighted by Crippen LogP contribution is -2.41. The van der Waals surface area contributed by atoms with E-state index in [9.17, 15) is 0 Å². The van der Waals surface area contributed by atoms with Gasteiger partial charge in [0, 0.05) is 13.6 Å². The number of benzene rings is 1. The van der Waals surface area contributed by atoms with Crippen molar-refractivity contribution in [1.29, 1.82) is 0 Å². The highest BCUT2D eigenvalue weighted by Gasteiger charge is 2.54. The zero-order valence-corrected chi connectivity index (χ0v) is 17.9. The second kappa shape index (κ2) is 7.72. The van der Waals surface area contributed by atoms with Crippen LogP contribution in [0.1, 0.15) is 47.1 Å². The highest BCUT2D eigenvalue weighted by atomic mass is 16.7. The fourth-order valence-electron chi connectivity index (χ4n) is 3.09. The van der Waals surface area contributed by atoms with Gasteiger partial charge < -0.3 is 18.9 Å². The van der Waals surface area contributed by atoms with Crippen molar-refractivity contribution >= 4 is 18.4 Å². The first-order chi connectivity index (χ1) is 13.1. The summed E-state index contributed by atoms with van der Waals surface area (Å²) >= 11 is 0. The maximum absolute atomic E-state index is 6.30. The monoisotopic (exact) mass is 383 g/mol. The molecule has 0 atom stereocenters. The molecule has 1 aromatic heterocycles. The Bertz CT molecular complexity index is 796. The highest BCUT2D eigenvalue weighted by molar-refractivity contribution is 6.64. The van der Waals surface area contributed by atoms with E-state index in [1.54, 1.807) is 0 Å². The van der Waals surface area contributed by atoms with Crippen LogP contribution in [0.5, 0.6) is 5.88 Å². The summed E-state index contributed by atoms with van der Waals surface area (Å²) in [4.78, 5) is 11.0. The number of hydrogen-bond donors (Lipinski definition) is 0. The minimum absolute atomic E-state index is 0.0247. The normalized spacial score (nSPS) is 17.8. The molecule has 1 fully saturated rings. The quantitative estimate of drug-likeness (QED) is 0.714. The Balaban J connectivity index is 2.01. The van der Waals surface area contributed by atoms with Crippen LogP contribution >= 0.6 is 0 Å². The molecule has 1 aliphatic heterocycles. The Morgan fingerprint density at radius 2 is 1.64 bits per heavy atom. The van der Waals surface area contributed by atoms with Crippen molar-refractivity contribution in [1.82, 2.24) is 9.97 Å². The third-order valence-corrected chi connectivity index (χ3v) is 5.29. The number of aromatic nitrogens is 2. The van der Waals surface area contributed by atoms with Crippen LogP contribution in [-0.2, 0) is 15.9 Å². The minimum atomic E-state index is -0.604. The highest BCUT2D eigenvalue weighted by Crippen LogP contribution is 2.38. The van der Waals surface area contributed by atoms with Gasteiger partial charge in [-0.3, -0.25) is 0 Å². The van der Waals surface area contributed by atoms with Crippen molar-refractivity contribution in [3.63, 3.8) is 0 Å². The smallest absolute Gasteiger partial charge is 0.475 e. The molecule has 0 aliphatic carbocycles. The van der Waals surface area contributed by atoms with Crippen LogP contribution in [0.3, 0.4) is 0 Å². The van der Waals surface area contributed by atoms with Crippen molar-refractivity contribution in [2.75, 3.05) is 11.9 Å². The molecule has 0 N–H and O–H groups in total. The Hall–Kier alpha value is -2.12. The van der Waals surface area contributed by atoms with Gasteiger partial charge in [0.15, 0.2) is 0 Å². The first kappa shape index (κ1) is 20.6. The molecule has 7 heteroatoms. The zero-order valence-electron chi connectivity index (χ0n) is 17.9. The maximum atomic E-state index is 6.30. The molecule has 28 heavy (non-hydrogen) atoms. The fourth-order valence-corrected chi connectivity index (χ4v) is 3.09. The molecule has 0 unspecified atom stereocenters. The van der Waals surface area contributed by atoms with Gasteiger partial charge in [0.25, 0.3) is 0 Å². The minimum Gasteiger partial charge on any atom is -0.475 e. The Morgan fingerprint density at radius 1 is 1.04 bits per heavy atom. The molecule has 2 aromatic rings. The molecule has 0 saturated carbocycles. The SMILES string of the molecule is CC(C)Oc1ncnc(N(C)Cc2ccccc2)c1B1OC(C)(C)C(C)(C)O1. The van der Waals surface area contributed by atoms with Gasteiger partial charge in [-0.05, 0) is 47.1 Å². The summed E-state index contributed by atoms with van der Waals surface area (Å²) in [6, 6.07) is 10.3. The van der Waals surface area contributed by atoms with Crippen LogP contribution in [0.25, 0.3) is 0 Å². The molecule has 3 rings (SSSR count). The van der Waals surface area contributed by atoms with E-state index in [-0.39, 0.29) is 6.10 Å². The molecule has 6 nitrogen and oxygen atoms in total. The molecule has 150 valence electrons. The first-order valence-electron chi connectivity index (χ1n) is 9.73. The van der Waals surface area contributed by atoms with Crippen LogP contribution in [0.2, 0.25) is 0 Å². The predicted octanol–water partition coefficient (Wildman–Crippen LogP) is 3.20. The molecule has 0 spiro atoms. The van der Waals surface area contributed by atoms with Crippen LogP contribution in [0.4, 0.5) is 5.82 Å². The molecular formula is C21H30BN3O3. The van der Waals surface area contributed by atoms with Gasteiger partial charge in [-0.25, -0.2) is 9.97 Å². The van der Waals surface area contributed by atoms with Crippen LogP contribution in [-0.4, -0.2) is 41.4 Å². The van der Waals surface area contributed by atoms with Crippen molar-refractivity contribution in [3.8, 4) is 5.88 Å². The number of nitrogens with zero attached hydrogens (tertiary/aromatic N) is 3. The standard InChI is InChI=1S/C21H30BN3O3/c1-15(2)26-19-17(22-27-20(3,4)21(5,6)28-22)18(23-14-24-19)25(7)13-16-11-9-8-10-12-16/h8-12,14-15H,13H2,1-7H3. The third-order valence-electron chi connectivity index (χ3n) is 5.29. The van der Waals surface area contributed by atoms with Crippen molar-refractivity contribution < 1.29 is 14.0 Å². The Labute approximate surface area is 168 Å². The molecule has 0 amide bonds. The van der Waals surface area contributed by atoms with Gasteiger partial charge in [-0.15, -0.1) is 0 Å². The largest absolute Gasteiger partial charge is 0.504 e. The summed E-state index contributed by atoms with van der Waals surface area (Å²) in [6.45, 7) is 12.8. The lowest BCUT2D eigenvalue weighted by molar-refractivity contribution is 0.00578. The summed E-state index contributed by atoms with van der Waals surface area (Å²) in [5, 5.41) is 0. The van der Waals surface area contributed by atoms with E-state index in [4.69, 9.17) is 14.0 Å². The van der Waals surface area contributed by atoms with E-state index in [1.165, 1.54) is 11.9 Å². The molecule has 0 radical (unpaired) electrons. The van der Waals surface area contributed by atoms with Gasteiger partial charge >= 0.3 is 7.12 Å². The lowest BCUT2D eigenvalue weighted by atomic mass is 9.79. The first-order valence-corrected chi connectivity index (χ1v) is 9.73. The number of ether oxygens (including phenoxy) is 1. The average molecular weight is 383 g/mol. The van der Waals surface area contributed by atoms with E-state index in [2.05, 4.69) is 27.0 Å². The second-order valence-electron chi connectivity index (χ2n) is 8.51. The van der Waals surface area contributed by atoms with Crippen LogP contribution in [0.15, 0.2) is 36.7 Å². The molecule has 0 bridgehead atoms. The third kappa shape index (κ3) is 4.15. The fraction of sp³-hybridized carbons (Fsp3) is 0.524. The molecule has 2 heterocycles. The van der Waals surface area contributed by atoms with Gasteiger partial charge in [-0.1, -0.05) is 30.3 Å². The summed E-state index contributed by atoms with van der Waals surface area (Å²) in [5.41, 5.74) is 0.999. The summed E-state index contributed by atoms with van der Waals surface area (Å²) < 4.78 is 18.6. The predicted molar refractivity (Wildman–Crippen MR) is 112 cm³/mol. The number of anilines is 1. The Morgan fingerprint density at radius 3 is 2.21 bits per heavy atom. The Kier molecular flexibility index (Phi) is 5.68. The van der Waals surface area contributed by atoms with Crippen LogP contribution in [0, 0.1) is 0 Å². The van der Waals surface area contributed by atoms with Gasteiger partial charge in [0.2, 0.25) is 5.88 Å². The van der Waals surface area contributed by atoms with Gasteiger partial charge in [0.1, 0.15) is 12.1 Å². The van der Waals surface area contributed by atoms with Crippen molar-refractivity contribution in [3.05, 3.63) is 42.2 Å².